The molecule has 0 saturated carbocycles. The van der Waals surface area contributed by atoms with Gasteiger partial charge in [-0.15, -0.1) is 0 Å². The van der Waals surface area contributed by atoms with E-state index in [0.29, 0.717) is 21.3 Å². The number of hydrazone groups is 1. The molecule has 3 aromatic rings. The number of halogens is 1. The van der Waals surface area contributed by atoms with E-state index in [1.54, 1.807) is 22.0 Å². The van der Waals surface area contributed by atoms with Gasteiger partial charge in [0.25, 0.3) is 5.91 Å². The van der Waals surface area contributed by atoms with Gasteiger partial charge in [-0.2, -0.15) is 5.10 Å². The van der Waals surface area contributed by atoms with E-state index in [1.807, 2.05) is 78.9 Å². The number of hydrogen-bond donors (Lipinski definition) is 0. The minimum absolute atomic E-state index is 0.152. The van der Waals surface area contributed by atoms with Gasteiger partial charge in [-0.1, -0.05) is 71.9 Å². The van der Waals surface area contributed by atoms with Gasteiger partial charge in [0.2, 0.25) is 9.37 Å². The zero-order valence-electron chi connectivity index (χ0n) is 17.9. The molecule has 0 N–H and O–H groups in total. The third-order valence-corrected chi connectivity index (χ3v) is 8.12. The average Bonchev–Trinajstić information content (AvgIpc) is 3.37. The molecule has 0 bridgehead atoms. The lowest BCUT2D eigenvalue weighted by Gasteiger charge is -2.38. The highest BCUT2D eigenvalue weighted by molar-refractivity contribution is 8.29. The predicted molar refractivity (Wildman–Crippen MR) is 140 cm³/mol. The summed E-state index contributed by atoms with van der Waals surface area (Å²) in [5.41, 5.74) is 2.26. The van der Waals surface area contributed by atoms with Crippen LogP contribution in [0, 0.1) is 0 Å². The van der Waals surface area contributed by atoms with E-state index in [-0.39, 0.29) is 11.0 Å². The van der Waals surface area contributed by atoms with Crippen LogP contribution < -0.4 is 9.91 Å². The van der Waals surface area contributed by atoms with Crippen molar-refractivity contribution in [1.29, 1.82) is 0 Å². The molecule has 6 nitrogen and oxygen atoms in total. The highest BCUT2D eigenvalue weighted by Gasteiger charge is 2.60. The minimum Gasteiger partial charge on any atom is -0.464 e. The molecule has 3 aromatic carbocycles. The lowest BCUT2D eigenvalue weighted by Crippen LogP contribution is -2.51. The van der Waals surface area contributed by atoms with Crippen LogP contribution in [0.25, 0.3) is 6.08 Å². The largest absolute Gasteiger partial charge is 0.464 e. The van der Waals surface area contributed by atoms with E-state index in [1.165, 1.54) is 30.6 Å². The lowest BCUT2D eigenvalue weighted by atomic mass is 10.2. The fraction of sp³-hybridized carbons (Fsp3) is 0.0800. The smallest absolute Gasteiger partial charge is 0.365 e. The number of anilines is 2. The van der Waals surface area contributed by atoms with Gasteiger partial charge < -0.3 is 4.74 Å². The average molecular weight is 508 g/mol. The molecule has 9 heteroatoms. The molecule has 2 heterocycles. The van der Waals surface area contributed by atoms with Crippen LogP contribution in [0.15, 0.2) is 94.9 Å². The van der Waals surface area contributed by atoms with Crippen LogP contribution in [0.3, 0.4) is 0 Å². The Kier molecular flexibility index (Phi) is 6.12. The molecule has 5 rings (SSSR count). The third-order valence-electron chi connectivity index (χ3n) is 5.17. The molecule has 1 amide bonds. The summed E-state index contributed by atoms with van der Waals surface area (Å²) in [6.07, 6.45) is 1.86. The maximum Gasteiger partial charge on any atom is 0.365 e. The number of carbonyl (C=O) groups excluding carboxylic acids is 2. The highest BCUT2D eigenvalue weighted by Crippen LogP contribution is 2.59. The van der Waals surface area contributed by atoms with E-state index in [9.17, 15) is 9.59 Å². The highest BCUT2D eigenvalue weighted by atomic mass is 35.5. The summed E-state index contributed by atoms with van der Waals surface area (Å²) >= 11 is 8.63. The summed E-state index contributed by atoms with van der Waals surface area (Å²) in [6.45, 7) is 0. The number of para-hydroxylation sites is 1. The van der Waals surface area contributed by atoms with Gasteiger partial charge in [-0.3, -0.25) is 9.69 Å². The number of methoxy groups -OCH3 is 1. The van der Waals surface area contributed by atoms with Crippen LogP contribution in [0.1, 0.15) is 5.56 Å². The third kappa shape index (κ3) is 3.98. The Bertz CT molecular complexity index is 1300. The standard InChI is InChI=1S/C25H18ClN3O3S2/c1-32-24(31)22-27-29(20-14-12-18(26)13-15-20)25(34-22)28(19-10-6-3-7-11-19)23(30)21(33-25)16-17-8-4-2-5-9-17/h2-16H,1H3/b21-16-/t25-/m0/s1. The van der Waals surface area contributed by atoms with Gasteiger partial charge in [0.05, 0.1) is 17.7 Å². The Labute approximate surface area is 210 Å². The molecule has 1 fully saturated rings. The van der Waals surface area contributed by atoms with E-state index in [4.69, 9.17) is 16.3 Å². The van der Waals surface area contributed by atoms with Crippen molar-refractivity contribution < 1.29 is 14.3 Å². The monoisotopic (exact) mass is 507 g/mol. The van der Waals surface area contributed by atoms with Crippen LogP contribution >= 0.6 is 35.1 Å². The Hall–Kier alpha value is -3.20. The number of nitrogens with zero attached hydrogens (tertiary/aromatic N) is 3. The molecular weight excluding hydrogens is 490 g/mol. The molecule has 1 atom stereocenters. The quantitative estimate of drug-likeness (QED) is 0.328. The Balaban J connectivity index is 1.69. The molecule has 0 unspecified atom stereocenters. The number of ether oxygens (including phenoxy) is 1. The summed E-state index contributed by atoms with van der Waals surface area (Å²) < 4.78 is 3.85. The molecule has 0 radical (unpaired) electrons. The summed E-state index contributed by atoms with van der Waals surface area (Å²) in [5.74, 6) is -0.754. The second-order valence-electron chi connectivity index (χ2n) is 7.33. The molecule has 34 heavy (non-hydrogen) atoms. The number of hydrogen-bond acceptors (Lipinski definition) is 7. The van der Waals surface area contributed by atoms with E-state index >= 15 is 0 Å². The first-order valence-electron chi connectivity index (χ1n) is 10.3. The van der Waals surface area contributed by atoms with Crippen molar-refractivity contribution in [1.82, 2.24) is 0 Å². The predicted octanol–water partition coefficient (Wildman–Crippen LogP) is 5.81. The van der Waals surface area contributed by atoms with Crippen molar-refractivity contribution in [3.05, 3.63) is 100 Å². The zero-order valence-corrected chi connectivity index (χ0v) is 20.3. The van der Waals surface area contributed by atoms with Crippen molar-refractivity contribution in [2.45, 2.75) is 4.33 Å². The fourth-order valence-corrected chi connectivity index (χ4v) is 6.67. The van der Waals surface area contributed by atoms with Crippen LogP contribution in [0.2, 0.25) is 5.02 Å². The summed E-state index contributed by atoms with van der Waals surface area (Å²) in [5, 5.41) is 7.00. The molecule has 170 valence electrons. The molecule has 0 aliphatic carbocycles. The maximum absolute atomic E-state index is 13.9. The Morgan fingerprint density at radius 3 is 2.24 bits per heavy atom. The summed E-state index contributed by atoms with van der Waals surface area (Å²) in [6, 6.07) is 26.1. The van der Waals surface area contributed by atoms with Gasteiger partial charge in [-0.25, -0.2) is 9.80 Å². The van der Waals surface area contributed by atoms with Crippen LogP contribution in [0.4, 0.5) is 11.4 Å². The molecule has 1 saturated heterocycles. The van der Waals surface area contributed by atoms with Gasteiger partial charge in [0.15, 0.2) is 0 Å². The molecule has 2 aliphatic rings. The molecule has 1 spiro atoms. The van der Waals surface area contributed by atoms with Crippen LogP contribution in [-0.2, 0) is 14.3 Å². The first-order chi connectivity index (χ1) is 16.5. The second-order valence-corrected chi connectivity index (χ2v) is 10.4. The van der Waals surface area contributed by atoms with Gasteiger partial charge >= 0.3 is 5.97 Å². The molecular formula is C25H18ClN3O3S2. The van der Waals surface area contributed by atoms with Gasteiger partial charge in [0, 0.05) is 10.7 Å². The first kappa shape index (κ1) is 22.6. The number of rotatable bonds is 4. The van der Waals surface area contributed by atoms with Crippen molar-refractivity contribution in [2.24, 2.45) is 5.10 Å². The normalized spacial score (nSPS) is 20.8. The van der Waals surface area contributed by atoms with Crippen molar-refractivity contribution in [2.75, 3.05) is 17.0 Å². The number of esters is 1. The Morgan fingerprint density at radius 2 is 1.59 bits per heavy atom. The van der Waals surface area contributed by atoms with E-state index in [0.717, 1.165) is 5.56 Å². The maximum atomic E-state index is 13.9. The topological polar surface area (TPSA) is 62.2 Å². The van der Waals surface area contributed by atoms with Crippen molar-refractivity contribution in [3.8, 4) is 0 Å². The number of amides is 1. The van der Waals surface area contributed by atoms with Gasteiger partial charge in [0.1, 0.15) is 0 Å². The number of benzene rings is 3. The SMILES string of the molecule is COC(=O)C1=NN(c2ccc(Cl)cc2)[C@]2(S1)S/C(=C\c1ccccc1)C(=O)N2c1ccccc1. The van der Waals surface area contributed by atoms with Gasteiger partial charge in [-0.05, 0) is 59.8 Å². The minimum atomic E-state index is -1.11. The lowest BCUT2D eigenvalue weighted by molar-refractivity contribution is -0.132. The Morgan fingerprint density at radius 1 is 0.941 bits per heavy atom. The number of thioether (sulfide) groups is 2. The van der Waals surface area contributed by atoms with Crippen LogP contribution in [-0.4, -0.2) is 28.4 Å². The van der Waals surface area contributed by atoms with E-state index in [2.05, 4.69) is 5.10 Å². The molecule has 2 aliphatic heterocycles. The van der Waals surface area contributed by atoms with Crippen molar-refractivity contribution in [3.63, 3.8) is 0 Å². The number of carbonyl (C=O) groups is 2. The van der Waals surface area contributed by atoms with Crippen molar-refractivity contribution >= 4 is 69.5 Å². The molecule has 0 aromatic heterocycles. The fourth-order valence-electron chi connectivity index (χ4n) is 3.64. The first-order valence-corrected chi connectivity index (χ1v) is 12.3. The second kappa shape index (κ2) is 9.21. The summed E-state index contributed by atoms with van der Waals surface area (Å²) in [7, 11) is 1.31. The summed E-state index contributed by atoms with van der Waals surface area (Å²) in [4.78, 5) is 28.6. The van der Waals surface area contributed by atoms with Crippen LogP contribution in [0.5, 0.6) is 0 Å². The van der Waals surface area contributed by atoms with E-state index < -0.39 is 10.3 Å². The zero-order chi connectivity index (χ0) is 23.7.